The Labute approximate surface area is 91.2 Å². The Morgan fingerprint density at radius 3 is 1.87 bits per heavy atom. The molecular formula is C11H18N4. The molecule has 2 aliphatic rings. The van der Waals surface area contributed by atoms with Gasteiger partial charge in [-0.1, -0.05) is 0 Å². The second kappa shape index (κ2) is 6.59. The van der Waals surface area contributed by atoms with Gasteiger partial charge in [-0.3, -0.25) is 10.0 Å². The Bertz CT molecular complexity index is 278. The minimum atomic E-state index is 1.00. The summed E-state index contributed by atoms with van der Waals surface area (Å²) in [7, 11) is 1.94. The summed E-state index contributed by atoms with van der Waals surface area (Å²) in [6.45, 7) is 3.09. The zero-order valence-corrected chi connectivity index (χ0v) is 9.22. The van der Waals surface area contributed by atoms with Crippen molar-refractivity contribution < 1.29 is 0 Å². The Kier molecular flexibility index (Phi) is 4.94. The molecule has 0 aromatic carbocycles. The fourth-order valence-electron chi connectivity index (χ4n) is 1.03. The highest BCUT2D eigenvalue weighted by Gasteiger charge is 1.89. The normalized spacial score (nSPS) is 16.7. The summed E-state index contributed by atoms with van der Waals surface area (Å²) < 4.78 is 0. The van der Waals surface area contributed by atoms with Crippen LogP contribution in [-0.4, -0.2) is 23.6 Å². The van der Waals surface area contributed by atoms with Gasteiger partial charge in [0.1, 0.15) is 0 Å². The molecule has 0 aromatic heterocycles. The molecule has 0 amide bonds. The average Bonchev–Trinajstić information content (AvgIpc) is 2.32. The summed E-state index contributed by atoms with van der Waals surface area (Å²) in [5.74, 6) is 0. The van der Waals surface area contributed by atoms with Gasteiger partial charge in [0, 0.05) is 38.4 Å². The fourth-order valence-corrected chi connectivity index (χ4v) is 1.03. The summed E-state index contributed by atoms with van der Waals surface area (Å²) in [5, 5.41) is 3.88. The van der Waals surface area contributed by atoms with Crippen molar-refractivity contribution in [2.24, 2.45) is 0 Å². The van der Waals surface area contributed by atoms with Crippen LogP contribution in [0, 0.1) is 0 Å². The first-order chi connectivity index (χ1) is 7.33. The topological polar surface area (TPSA) is 30.5 Å². The number of nitrogens with one attached hydrogen (secondary N) is 2. The number of hydrazine groups is 2. The van der Waals surface area contributed by atoms with E-state index in [4.69, 9.17) is 0 Å². The maximum absolute atomic E-state index is 3.03. The first-order valence-corrected chi connectivity index (χ1v) is 5.01. The molecule has 2 heterocycles. The standard InChI is InChI=1S/C6H10N2.C5H8N2/c1-2-8-6-4-3-5-7-8;1-7-5-3-2-4-6-7/h3-7H,2H2,1H3;2-6H,1H3. The molecule has 0 aromatic rings. The van der Waals surface area contributed by atoms with Crippen LogP contribution in [0.5, 0.6) is 0 Å². The monoisotopic (exact) mass is 206 g/mol. The van der Waals surface area contributed by atoms with E-state index >= 15 is 0 Å². The molecule has 4 heteroatoms. The third-order valence-corrected chi connectivity index (χ3v) is 1.85. The molecule has 82 valence electrons. The summed E-state index contributed by atoms with van der Waals surface area (Å²) in [6.07, 6.45) is 15.6. The minimum Gasteiger partial charge on any atom is -0.307 e. The fraction of sp³-hybridized carbons (Fsp3) is 0.273. The van der Waals surface area contributed by atoms with E-state index in [1.807, 2.05) is 66.2 Å². The van der Waals surface area contributed by atoms with Gasteiger partial charge in [0.25, 0.3) is 0 Å². The van der Waals surface area contributed by atoms with Crippen molar-refractivity contribution in [3.63, 3.8) is 0 Å². The van der Waals surface area contributed by atoms with Crippen molar-refractivity contribution in [1.29, 1.82) is 0 Å². The van der Waals surface area contributed by atoms with Crippen LogP contribution in [0.1, 0.15) is 6.92 Å². The Morgan fingerprint density at radius 1 is 0.933 bits per heavy atom. The number of allylic oxidation sites excluding steroid dienone is 4. The zero-order valence-electron chi connectivity index (χ0n) is 9.22. The highest BCUT2D eigenvalue weighted by Crippen LogP contribution is 1.89. The van der Waals surface area contributed by atoms with Gasteiger partial charge < -0.3 is 10.9 Å². The third-order valence-electron chi connectivity index (χ3n) is 1.85. The Hall–Kier alpha value is -1.84. The largest absolute Gasteiger partial charge is 0.307 e. The highest BCUT2D eigenvalue weighted by atomic mass is 15.5. The molecule has 0 aliphatic carbocycles. The molecule has 2 N–H and O–H groups in total. The van der Waals surface area contributed by atoms with Crippen molar-refractivity contribution >= 4 is 0 Å². The predicted molar refractivity (Wildman–Crippen MR) is 63.0 cm³/mol. The van der Waals surface area contributed by atoms with E-state index in [2.05, 4.69) is 17.8 Å². The van der Waals surface area contributed by atoms with E-state index in [-0.39, 0.29) is 0 Å². The van der Waals surface area contributed by atoms with Gasteiger partial charge in [-0.25, -0.2) is 0 Å². The van der Waals surface area contributed by atoms with Crippen molar-refractivity contribution in [1.82, 2.24) is 20.9 Å². The summed E-state index contributed by atoms with van der Waals surface area (Å²) >= 11 is 0. The van der Waals surface area contributed by atoms with E-state index in [1.54, 1.807) is 0 Å². The zero-order chi connectivity index (χ0) is 10.9. The van der Waals surface area contributed by atoms with Gasteiger partial charge in [-0.15, -0.1) is 0 Å². The Morgan fingerprint density at radius 2 is 1.60 bits per heavy atom. The molecule has 0 atom stereocenters. The molecule has 2 aliphatic heterocycles. The van der Waals surface area contributed by atoms with E-state index < -0.39 is 0 Å². The summed E-state index contributed by atoms with van der Waals surface area (Å²) in [6, 6.07) is 0. The maximum atomic E-state index is 3.03. The van der Waals surface area contributed by atoms with Crippen LogP contribution in [0.3, 0.4) is 0 Å². The SMILES string of the molecule is CCN1C=CC=CN1.CN1C=CC=CN1. The van der Waals surface area contributed by atoms with Gasteiger partial charge in [0.15, 0.2) is 0 Å². The molecule has 0 radical (unpaired) electrons. The molecule has 0 spiro atoms. The first-order valence-electron chi connectivity index (χ1n) is 5.01. The van der Waals surface area contributed by atoms with Gasteiger partial charge >= 0.3 is 0 Å². The van der Waals surface area contributed by atoms with Crippen LogP contribution >= 0.6 is 0 Å². The van der Waals surface area contributed by atoms with Crippen molar-refractivity contribution in [3.8, 4) is 0 Å². The van der Waals surface area contributed by atoms with Gasteiger partial charge in [0.05, 0.1) is 0 Å². The van der Waals surface area contributed by atoms with Crippen LogP contribution in [0.2, 0.25) is 0 Å². The average molecular weight is 206 g/mol. The lowest BCUT2D eigenvalue weighted by molar-refractivity contribution is 0.329. The van der Waals surface area contributed by atoms with Crippen LogP contribution in [0.25, 0.3) is 0 Å². The molecule has 4 nitrogen and oxygen atoms in total. The lowest BCUT2D eigenvalue weighted by atomic mass is 10.5. The van der Waals surface area contributed by atoms with Crippen molar-refractivity contribution in [2.45, 2.75) is 6.92 Å². The molecule has 0 bridgehead atoms. The smallest absolute Gasteiger partial charge is 0.0358 e. The summed E-state index contributed by atoms with van der Waals surface area (Å²) in [5.41, 5.74) is 5.98. The number of hydrogen-bond acceptors (Lipinski definition) is 4. The first kappa shape index (κ1) is 11.2. The van der Waals surface area contributed by atoms with Crippen LogP contribution < -0.4 is 10.9 Å². The molecule has 0 fully saturated rings. The predicted octanol–water partition coefficient (Wildman–Crippen LogP) is 1.32. The lowest BCUT2D eigenvalue weighted by Crippen LogP contribution is -2.29. The van der Waals surface area contributed by atoms with E-state index in [1.165, 1.54) is 0 Å². The van der Waals surface area contributed by atoms with Gasteiger partial charge in [-0.05, 0) is 31.2 Å². The summed E-state index contributed by atoms with van der Waals surface area (Å²) in [4.78, 5) is 0. The van der Waals surface area contributed by atoms with Gasteiger partial charge in [-0.2, -0.15) is 0 Å². The van der Waals surface area contributed by atoms with E-state index in [0.29, 0.717) is 0 Å². The molecule has 0 saturated heterocycles. The quantitative estimate of drug-likeness (QED) is 0.677. The number of nitrogens with zero attached hydrogens (tertiary/aromatic N) is 2. The second-order valence-electron chi connectivity index (χ2n) is 3.06. The van der Waals surface area contributed by atoms with E-state index in [9.17, 15) is 0 Å². The van der Waals surface area contributed by atoms with Crippen LogP contribution in [0.15, 0.2) is 49.1 Å². The van der Waals surface area contributed by atoms with E-state index in [0.717, 1.165) is 6.54 Å². The molecule has 15 heavy (non-hydrogen) atoms. The molecular weight excluding hydrogens is 188 g/mol. The minimum absolute atomic E-state index is 1.00. The highest BCUT2D eigenvalue weighted by molar-refractivity contribution is 5.04. The molecule has 0 unspecified atom stereocenters. The molecule has 2 rings (SSSR count). The second-order valence-corrected chi connectivity index (χ2v) is 3.06. The number of rotatable bonds is 1. The third kappa shape index (κ3) is 4.81. The molecule has 0 saturated carbocycles. The van der Waals surface area contributed by atoms with Crippen LogP contribution in [-0.2, 0) is 0 Å². The Balaban J connectivity index is 0.000000151. The van der Waals surface area contributed by atoms with Crippen molar-refractivity contribution in [2.75, 3.05) is 13.6 Å². The number of hydrogen-bond donors (Lipinski definition) is 2. The van der Waals surface area contributed by atoms with Gasteiger partial charge in [0.2, 0.25) is 0 Å². The van der Waals surface area contributed by atoms with Crippen LogP contribution in [0.4, 0.5) is 0 Å². The van der Waals surface area contributed by atoms with Crippen molar-refractivity contribution in [3.05, 3.63) is 49.1 Å². The lowest BCUT2D eigenvalue weighted by Gasteiger charge is -2.19. The maximum Gasteiger partial charge on any atom is 0.0358 e.